The van der Waals surface area contributed by atoms with E-state index in [4.69, 9.17) is 8.83 Å². The van der Waals surface area contributed by atoms with E-state index in [1.165, 1.54) is 27.5 Å². The van der Waals surface area contributed by atoms with Gasteiger partial charge in [0.25, 0.3) is 0 Å². The second-order valence-electron chi connectivity index (χ2n) is 14.3. The summed E-state index contributed by atoms with van der Waals surface area (Å²) in [6, 6.07) is 64.8. The summed E-state index contributed by atoms with van der Waals surface area (Å²) in [6.45, 7) is 0. The Labute approximate surface area is 319 Å². The van der Waals surface area contributed by atoms with Crippen molar-refractivity contribution in [2.45, 2.75) is 12.5 Å². The molecule has 2 heterocycles. The molecule has 0 spiro atoms. The van der Waals surface area contributed by atoms with Crippen LogP contribution in [0, 0.1) is 0 Å². The van der Waals surface area contributed by atoms with Gasteiger partial charge >= 0.3 is 0 Å². The van der Waals surface area contributed by atoms with E-state index in [0.29, 0.717) is 0 Å². The van der Waals surface area contributed by atoms with Crippen LogP contribution in [0.15, 0.2) is 197 Å². The Hall–Kier alpha value is -7.10. The molecule has 0 amide bonds. The van der Waals surface area contributed by atoms with E-state index in [0.717, 1.165) is 78.7 Å². The van der Waals surface area contributed by atoms with Crippen molar-refractivity contribution >= 4 is 61.1 Å². The minimum atomic E-state index is -0.133. The third-order valence-corrected chi connectivity index (χ3v) is 11.2. The van der Waals surface area contributed by atoms with Crippen molar-refractivity contribution in [2.24, 2.45) is 0 Å². The maximum atomic E-state index is 6.89. The first kappa shape index (κ1) is 31.4. The second-order valence-corrected chi connectivity index (χ2v) is 14.3. The highest BCUT2D eigenvalue weighted by Crippen LogP contribution is 2.52. The van der Waals surface area contributed by atoms with Gasteiger partial charge < -0.3 is 13.7 Å². The average molecular weight is 706 g/mol. The van der Waals surface area contributed by atoms with Gasteiger partial charge in [-0.1, -0.05) is 164 Å². The van der Waals surface area contributed by atoms with Crippen molar-refractivity contribution < 1.29 is 8.83 Å². The first-order valence-electron chi connectivity index (χ1n) is 19.0. The predicted octanol–water partition coefficient (Wildman–Crippen LogP) is 14.8. The molecular weight excluding hydrogens is 671 g/mol. The Kier molecular flexibility index (Phi) is 7.31. The van der Waals surface area contributed by atoms with Crippen LogP contribution in [-0.4, -0.2) is 0 Å². The van der Waals surface area contributed by atoms with E-state index in [2.05, 4.69) is 193 Å². The largest absolute Gasteiger partial charge is 0.458 e. The molecular formula is C52H35NO2. The third kappa shape index (κ3) is 5.04. The molecule has 3 nitrogen and oxygen atoms in total. The Bertz CT molecular complexity index is 3080. The first-order valence-corrected chi connectivity index (χ1v) is 19.0. The fourth-order valence-corrected chi connectivity index (χ4v) is 8.85. The van der Waals surface area contributed by atoms with Crippen LogP contribution in [0.2, 0.25) is 0 Å². The van der Waals surface area contributed by atoms with Crippen LogP contribution in [0.5, 0.6) is 0 Å². The number of rotatable bonds is 6. The molecule has 2 aromatic heterocycles. The second kappa shape index (κ2) is 12.8. The number of benzene rings is 8. The molecule has 8 aromatic carbocycles. The molecule has 1 unspecified atom stereocenters. The number of fused-ring (bicyclic) bond motifs is 8. The Morgan fingerprint density at radius 1 is 0.436 bits per heavy atom. The monoisotopic (exact) mass is 705 g/mol. The molecule has 1 aliphatic rings. The first-order chi connectivity index (χ1) is 27.3. The van der Waals surface area contributed by atoms with E-state index in [1.54, 1.807) is 0 Å². The lowest BCUT2D eigenvalue weighted by Crippen LogP contribution is -2.26. The van der Waals surface area contributed by atoms with Crippen LogP contribution in [-0.2, 0) is 0 Å². The molecule has 0 N–H and O–H groups in total. The van der Waals surface area contributed by atoms with E-state index < -0.39 is 0 Å². The standard InChI is InChI=1S/C52H35NO2/c1-3-16-34(17-4-1)37-24-14-28-44(49(37)35-18-5-2-6-19-35)53(45-29-15-26-41-39-22-8-11-30-46(39)55-52(41)45)43-27-10-7-21-38(43)40-25-13-20-36-32-33-48-51(50(36)40)42-23-9-12-31-47(42)54-48/h1-28,30-33,45H,29H2. The maximum absolute atomic E-state index is 6.89. The zero-order valence-electron chi connectivity index (χ0n) is 30.0. The van der Waals surface area contributed by atoms with Gasteiger partial charge in [-0.25, -0.2) is 0 Å². The normalized spacial score (nSPS) is 13.9. The SMILES string of the molecule is C1=Cc2c(oc3ccccc23)C(N(c2ccccc2-c2cccc3ccc4oc5ccccc5c4c23)c2cccc(-c3ccccc3)c2-c2ccccc2)C1. The highest BCUT2D eigenvalue weighted by Gasteiger charge is 2.34. The van der Waals surface area contributed by atoms with Gasteiger partial charge in [-0.3, -0.25) is 0 Å². The summed E-state index contributed by atoms with van der Waals surface area (Å²) < 4.78 is 13.3. The van der Waals surface area contributed by atoms with Crippen molar-refractivity contribution in [3.05, 3.63) is 199 Å². The smallest absolute Gasteiger partial charge is 0.136 e. The van der Waals surface area contributed by atoms with Crippen LogP contribution in [0.25, 0.3) is 83.1 Å². The van der Waals surface area contributed by atoms with E-state index >= 15 is 0 Å². The highest BCUT2D eigenvalue weighted by atomic mass is 16.3. The van der Waals surface area contributed by atoms with Crippen molar-refractivity contribution in [1.29, 1.82) is 0 Å². The van der Waals surface area contributed by atoms with Gasteiger partial charge in [0.2, 0.25) is 0 Å². The van der Waals surface area contributed by atoms with Gasteiger partial charge in [0, 0.05) is 43.9 Å². The Morgan fingerprint density at radius 3 is 1.91 bits per heavy atom. The summed E-state index contributed by atoms with van der Waals surface area (Å²) in [5.41, 5.74) is 13.0. The summed E-state index contributed by atoms with van der Waals surface area (Å²) >= 11 is 0. The molecule has 55 heavy (non-hydrogen) atoms. The molecule has 0 aliphatic heterocycles. The van der Waals surface area contributed by atoms with Crippen LogP contribution in [0.3, 0.4) is 0 Å². The molecule has 0 fully saturated rings. The molecule has 11 rings (SSSR count). The summed E-state index contributed by atoms with van der Waals surface area (Å²) in [5.74, 6) is 0.976. The topological polar surface area (TPSA) is 29.5 Å². The maximum Gasteiger partial charge on any atom is 0.136 e. The number of hydrogen-bond donors (Lipinski definition) is 0. The number of para-hydroxylation sites is 3. The fraction of sp³-hybridized carbons (Fsp3) is 0.0385. The summed E-state index contributed by atoms with van der Waals surface area (Å²) in [7, 11) is 0. The number of nitrogens with zero attached hydrogens (tertiary/aromatic N) is 1. The van der Waals surface area contributed by atoms with Crippen LogP contribution >= 0.6 is 0 Å². The van der Waals surface area contributed by atoms with Gasteiger partial charge in [0.15, 0.2) is 0 Å². The molecule has 0 saturated heterocycles. The van der Waals surface area contributed by atoms with E-state index in [-0.39, 0.29) is 6.04 Å². The Balaban J connectivity index is 1.24. The van der Waals surface area contributed by atoms with Crippen LogP contribution in [0.4, 0.5) is 11.4 Å². The molecule has 0 bridgehead atoms. The number of furan rings is 2. The predicted molar refractivity (Wildman–Crippen MR) is 229 cm³/mol. The third-order valence-electron chi connectivity index (χ3n) is 11.2. The summed E-state index contributed by atoms with van der Waals surface area (Å²) in [5, 5.41) is 5.76. The van der Waals surface area contributed by atoms with Crippen molar-refractivity contribution in [1.82, 2.24) is 0 Å². The lowest BCUT2D eigenvalue weighted by atomic mass is 9.88. The van der Waals surface area contributed by atoms with Crippen molar-refractivity contribution in [2.75, 3.05) is 4.90 Å². The quantitative estimate of drug-likeness (QED) is 0.172. The van der Waals surface area contributed by atoms with Gasteiger partial charge in [-0.2, -0.15) is 0 Å². The molecule has 1 atom stereocenters. The van der Waals surface area contributed by atoms with E-state index in [9.17, 15) is 0 Å². The van der Waals surface area contributed by atoms with Gasteiger partial charge in [0.1, 0.15) is 22.5 Å². The fourth-order valence-electron chi connectivity index (χ4n) is 8.85. The molecule has 0 saturated carbocycles. The highest BCUT2D eigenvalue weighted by molar-refractivity contribution is 6.23. The lowest BCUT2D eigenvalue weighted by Gasteiger charge is -2.37. The molecule has 260 valence electrons. The van der Waals surface area contributed by atoms with Gasteiger partial charge in [-0.05, 0) is 64.4 Å². The number of anilines is 2. The van der Waals surface area contributed by atoms with E-state index in [1.807, 2.05) is 6.07 Å². The molecule has 10 aromatic rings. The number of hydrogen-bond acceptors (Lipinski definition) is 3. The minimum Gasteiger partial charge on any atom is -0.458 e. The lowest BCUT2D eigenvalue weighted by molar-refractivity contribution is 0.489. The Morgan fingerprint density at radius 2 is 1.07 bits per heavy atom. The zero-order chi connectivity index (χ0) is 36.3. The van der Waals surface area contributed by atoms with Crippen LogP contribution < -0.4 is 4.90 Å². The molecule has 1 aliphatic carbocycles. The molecule has 3 heteroatoms. The molecule has 0 radical (unpaired) electrons. The van der Waals surface area contributed by atoms with Gasteiger partial charge in [0.05, 0.1) is 11.7 Å². The van der Waals surface area contributed by atoms with Crippen molar-refractivity contribution in [3.8, 4) is 33.4 Å². The zero-order valence-corrected chi connectivity index (χ0v) is 30.0. The van der Waals surface area contributed by atoms with Gasteiger partial charge in [-0.15, -0.1) is 0 Å². The summed E-state index contributed by atoms with van der Waals surface area (Å²) in [4.78, 5) is 2.56. The van der Waals surface area contributed by atoms with Crippen LogP contribution in [0.1, 0.15) is 23.8 Å². The average Bonchev–Trinajstić information content (AvgIpc) is 3.84. The minimum absolute atomic E-state index is 0.133. The van der Waals surface area contributed by atoms with Crippen molar-refractivity contribution in [3.63, 3.8) is 0 Å². The summed E-state index contributed by atoms with van der Waals surface area (Å²) in [6.07, 6.45) is 5.33.